The third kappa shape index (κ3) is 2.27. The Bertz CT molecular complexity index is 624. The quantitative estimate of drug-likeness (QED) is 0.890. The molecule has 1 amide bonds. The van der Waals surface area contributed by atoms with Gasteiger partial charge in [-0.3, -0.25) is 4.79 Å². The number of hydrogen-bond donors (Lipinski definition) is 1. The summed E-state index contributed by atoms with van der Waals surface area (Å²) in [6.45, 7) is 0.904. The molecular formula is C13H17N3O3S. The van der Waals surface area contributed by atoms with Gasteiger partial charge in [-0.15, -0.1) is 0 Å². The lowest BCUT2D eigenvalue weighted by molar-refractivity contribution is -0.115. The van der Waals surface area contributed by atoms with Crippen LogP contribution in [0.5, 0.6) is 0 Å². The Balaban J connectivity index is 1.98. The number of para-hydroxylation sites is 2. The second kappa shape index (κ2) is 5.06. The number of carbonyl (C=O) groups excluding carboxylic acids is 1. The predicted octanol–water partition coefficient (Wildman–Crippen LogP) is 1.18. The molecule has 2 heterocycles. The molecule has 6 nitrogen and oxygen atoms in total. The molecule has 0 atom stereocenters. The van der Waals surface area contributed by atoms with Crippen molar-refractivity contribution >= 4 is 27.5 Å². The maximum Gasteiger partial charge on any atom is 0.304 e. The monoisotopic (exact) mass is 295 g/mol. The number of benzene rings is 1. The molecule has 0 bridgehead atoms. The summed E-state index contributed by atoms with van der Waals surface area (Å²) in [6, 6.07) is 6.98. The maximum atomic E-state index is 12.7. The Labute approximate surface area is 118 Å². The van der Waals surface area contributed by atoms with E-state index in [1.54, 1.807) is 24.3 Å². The van der Waals surface area contributed by atoms with Gasteiger partial charge in [0.05, 0.1) is 11.4 Å². The third-order valence-electron chi connectivity index (χ3n) is 3.65. The van der Waals surface area contributed by atoms with E-state index in [0.717, 1.165) is 19.3 Å². The minimum Gasteiger partial charge on any atom is -0.323 e. The highest BCUT2D eigenvalue weighted by Crippen LogP contribution is 2.32. The molecule has 1 fully saturated rings. The van der Waals surface area contributed by atoms with Gasteiger partial charge in [-0.2, -0.15) is 12.7 Å². The normalized spacial score (nSPS) is 20.4. The van der Waals surface area contributed by atoms with Crippen molar-refractivity contribution in [1.82, 2.24) is 4.31 Å². The zero-order valence-corrected chi connectivity index (χ0v) is 11.9. The average molecular weight is 295 g/mol. The number of nitrogens with zero attached hydrogens (tertiary/aromatic N) is 2. The fourth-order valence-electron chi connectivity index (χ4n) is 2.64. The average Bonchev–Trinajstić information content (AvgIpc) is 2.47. The van der Waals surface area contributed by atoms with Crippen molar-refractivity contribution in [2.45, 2.75) is 19.3 Å². The number of carbonyl (C=O) groups is 1. The number of anilines is 2. The largest absolute Gasteiger partial charge is 0.323 e. The van der Waals surface area contributed by atoms with Crippen LogP contribution in [0.2, 0.25) is 0 Å². The first-order valence-electron chi connectivity index (χ1n) is 6.76. The lowest BCUT2D eigenvalue weighted by Crippen LogP contribution is -2.50. The number of piperidine rings is 1. The summed E-state index contributed by atoms with van der Waals surface area (Å²) in [6.07, 6.45) is 2.81. The summed E-state index contributed by atoms with van der Waals surface area (Å²) in [7, 11) is -3.63. The second-order valence-electron chi connectivity index (χ2n) is 5.04. The van der Waals surface area contributed by atoms with Gasteiger partial charge >= 0.3 is 10.2 Å². The molecule has 0 spiro atoms. The molecular weight excluding hydrogens is 278 g/mol. The fourth-order valence-corrected chi connectivity index (χ4v) is 4.33. The van der Waals surface area contributed by atoms with Crippen LogP contribution in [-0.4, -0.2) is 38.3 Å². The van der Waals surface area contributed by atoms with Gasteiger partial charge in [0, 0.05) is 13.1 Å². The van der Waals surface area contributed by atoms with Crippen molar-refractivity contribution in [3.8, 4) is 0 Å². The van der Waals surface area contributed by atoms with Crippen LogP contribution in [0.1, 0.15) is 19.3 Å². The van der Waals surface area contributed by atoms with E-state index in [1.165, 1.54) is 8.61 Å². The van der Waals surface area contributed by atoms with Crippen LogP contribution in [0.3, 0.4) is 0 Å². The summed E-state index contributed by atoms with van der Waals surface area (Å²) in [5.74, 6) is -0.302. The van der Waals surface area contributed by atoms with Gasteiger partial charge < -0.3 is 5.32 Å². The maximum absolute atomic E-state index is 12.7. The molecule has 0 radical (unpaired) electrons. The van der Waals surface area contributed by atoms with Gasteiger partial charge in [-0.1, -0.05) is 18.6 Å². The van der Waals surface area contributed by atoms with E-state index in [1.807, 2.05) is 0 Å². The van der Waals surface area contributed by atoms with E-state index in [-0.39, 0.29) is 12.5 Å². The highest BCUT2D eigenvalue weighted by molar-refractivity contribution is 7.90. The first-order chi connectivity index (χ1) is 9.59. The van der Waals surface area contributed by atoms with Crippen molar-refractivity contribution in [2.24, 2.45) is 0 Å². The van der Waals surface area contributed by atoms with E-state index in [9.17, 15) is 13.2 Å². The summed E-state index contributed by atoms with van der Waals surface area (Å²) >= 11 is 0. The molecule has 0 aromatic heterocycles. The van der Waals surface area contributed by atoms with E-state index in [4.69, 9.17) is 0 Å². The molecule has 2 aliphatic heterocycles. The first-order valence-corrected chi connectivity index (χ1v) is 8.15. The Morgan fingerprint density at radius 3 is 2.50 bits per heavy atom. The number of hydrogen-bond acceptors (Lipinski definition) is 3. The van der Waals surface area contributed by atoms with E-state index >= 15 is 0 Å². The molecule has 0 unspecified atom stereocenters. The van der Waals surface area contributed by atoms with E-state index in [2.05, 4.69) is 5.32 Å². The number of nitrogens with one attached hydrogen (secondary N) is 1. The Hall–Kier alpha value is -1.60. The highest BCUT2D eigenvalue weighted by Gasteiger charge is 2.35. The van der Waals surface area contributed by atoms with E-state index < -0.39 is 10.2 Å². The van der Waals surface area contributed by atoms with Gasteiger partial charge in [0.25, 0.3) is 0 Å². The number of fused-ring (bicyclic) bond motifs is 1. The van der Waals surface area contributed by atoms with Crippen molar-refractivity contribution in [1.29, 1.82) is 0 Å². The number of amides is 1. The van der Waals surface area contributed by atoms with Crippen LogP contribution in [0.15, 0.2) is 24.3 Å². The lowest BCUT2D eigenvalue weighted by atomic mass is 10.2. The van der Waals surface area contributed by atoms with Crippen molar-refractivity contribution in [2.75, 3.05) is 29.3 Å². The smallest absolute Gasteiger partial charge is 0.304 e. The standard InChI is InChI=1S/C13H17N3O3S/c17-13-10-16(12-7-3-2-6-11(12)14-13)20(18,19)15-8-4-1-5-9-15/h2-3,6-7H,1,4-5,8-10H2,(H,14,17). The fraction of sp³-hybridized carbons (Fsp3) is 0.462. The minimum atomic E-state index is -3.63. The Morgan fingerprint density at radius 1 is 1.05 bits per heavy atom. The van der Waals surface area contributed by atoms with Crippen LogP contribution < -0.4 is 9.62 Å². The summed E-state index contributed by atoms with van der Waals surface area (Å²) in [5.41, 5.74) is 1.09. The predicted molar refractivity (Wildman–Crippen MR) is 76.8 cm³/mol. The second-order valence-corrected chi connectivity index (χ2v) is 6.89. The third-order valence-corrected chi connectivity index (χ3v) is 5.55. The molecule has 0 saturated carbocycles. The van der Waals surface area contributed by atoms with Gasteiger partial charge in [0.1, 0.15) is 6.54 Å². The molecule has 1 aromatic rings. The zero-order chi connectivity index (χ0) is 14.2. The van der Waals surface area contributed by atoms with Gasteiger partial charge in [-0.25, -0.2) is 4.31 Å². The summed E-state index contributed by atoms with van der Waals surface area (Å²) in [5, 5.41) is 2.70. The molecule has 1 saturated heterocycles. The van der Waals surface area contributed by atoms with Crippen molar-refractivity contribution in [3.05, 3.63) is 24.3 Å². The van der Waals surface area contributed by atoms with Crippen LogP contribution in [0.4, 0.5) is 11.4 Å². The molecule has 7 heteroatoms. The van der Waals surface area contributed by atoms with Crippen LogP contribution in [0.25, 0.3) is 0 Å². The molecule has 1 N–H and O–H groups in total. The van der Waals surface area contributed by atoms with Crippen molar-refractivity contribution < 1.29 is 13.2 Å². The van der Waals surface area contributed by atoms with Crippen LogP contribution in [0, 0.1) is 0 Å². The van der Waals surface area contributed by atoms with E-state index in [0.29, 0.717) is 24.5 Å². The molecule has 20 heavy (non-hydrogen) atoms. The molecule has 1 aromatic carbocycles. The first kappa shape index (κ1) is 13.4. The lowest BCUT2D eigenvalue weighted by Gasteiger charge is -2.35. The topological polar surface area (TPSA) is 69.7 Å². The van der Waals surface area contributed by atoms with Gasteiger partial charge in [0.2, 0.25) is 5.91 Å². The molecule has 0 aliphatic carbocycles. The molecule has 2 aliphatic rings. The van der Waals surface area contributed by atoms with Gasteiger partial charge in [-0.05, 0) is 25.0 Å². The summed E-state index contributed by atoms with van der Waals surface area (Å²) in [4.78, 5) is 11.7. The van der Waals surface area contributed by atoms with Crippen LogP contribution >= 0.6 is 0 Å². The number of rotatable bonds is 2. The van der Waals surface area contributed by atoms with Gasteiger partial charge in [0.15, 0.2) is 0 Å². The van der Waals surface area contributed by atoms with Crippen LogP contribution in [-0.2, 0) is 15.0 Å². The molecule has 3 rings (SSSR count). The minimum absolute atomic E-state index is 0.157. The SMILES string of the molecule is O=C1CN(S(=O)(=O)N2CCCCC2)c2ccccc2N1. The Morgan fingerprint density at radius 2 is 1.75 bits per heavy atom. The molecule has 108 valence electrons. The zero-order valence-electron chi connectivity index (χ0n) is 11.1. The van der Waals surface area contributed by atoms with Crippen molar-refractivity contribution in [3.63, 3.8) is 0 Å². The highest BCUT2D eigenvalue weighted by atomic mass is 32.2. The Kier molecular flexibility index (Phi) is 3.39. The summed E-state index contributed by atoms with van der Waals surface area (Å²) < 4.78 is 28.1.